The summed E-state index contributed by atoms with van der Waals surface area (Å²) in [7, 11) is 0. The lowest BCUT2D eigenvalue weighted by Crippen LogP contribution is -2.45. The van der Waals surface area contributed by atoms with Crippen molar-refractivity contribution in [2.24, 2.45) is 0 Å². The van der Waals surface area contributed by atoms with Crippen molar-refractivity contribution < 1.29 is 4.74 Å². The van der Waals surface area contributed by atoms with Gasteiger partial charge in [0, 0.05) is 26.2 Å². The number of rotatable bonds is 2. The van der Waals surface area contributed by atoms with Crippen LogP contribution in [0.2, 0.25) is 0 Å². The molecule has 2 aliphatic heterocycles. The Bertz CT molecular complexity index is 852. The Kier molecular flexibility index (Phi) is 4.48. The number of fused-ring (bicyclic) bond motifs is 3. The average molecular weight is 383 g/mol. The summed E-state index contributed by atoms with van der Waals surface area (Å²) in [5, 5.41) is 4.24. The molecule has 1 saturated heterocycles. The van der Waals surface area contributed by atoms with Gasteiger partial charge in [0.25, 0.3) is 0 Å². The van der Waals surface area contributed by atoms with Crippen LogP contribution in [0.5, 0.6) is 5.88 Å². The second kappa shape index (κ2) is 6.99. The summed E-state index contributed by atoms with van der Waals surface area (Å²) in [5.41, 5.74) is 3.79. The molecule has 0 bridgehead atoms. The smallest absolute Gasteiger partial charge is 0.223 e. The third-order valence-electron chi connectivity index (χ3n) is 6.13. The molecule has 27 heavy (non-hydrogen) atoms. The van der Waals surface area contributed by atoms with Crippen LogP contribution in [0.25, 0.3) is 0 Å². The van der Waals surface area contributed by atoms with Crippen LogP contribution in [0.4, 0.5) is 5.82 Å². The first-order chi connectivity index (χ1) is 13.3. The lowest BCUT2D eigenvalue weighted by Gasteiger charge is -2.43. The number of aryl methyl sites for hydroxylation is 1. The molecule has 0 saturated carbocycles. The van der Waals surface area contributed by atoms with E-state index in [0.29, 0.717) is 0 Å². The van der Waals surface area contributed by atoms with Crippen LogP contribution in [-0.2, 0) is 18.4 Å². The van der Waals surface area contributed by atoms with E-state index in [2.05, 4.69) is 34.5 Å². The Hall–Kier alpha value is -1.79. The van der Waals surface area contributed by atoms with Crippen LogP contribution in [-0.4, -0.2) is 42.4 Å². The first-order valence-corrected chi connectivity index (χ1v) is 11.2. The molecule has 2 aromatic rings. The molecule has 3 aliphatic rings. The van der Waals surface area contributed by atoms with Crippen molar-refractivity contribution in [2.75, 3.05) is 37.3 Å². The second-order valence-electron chi connectivity index (χ2n) is 7.66. The number of nitrogens with one attached hydrogen (secondary N) is 1. The fraction of sp³-hybridized carbons (Fsp3) is 0.524. The minimum absolute atomic E-state index is 0.216. The standard InChI is InChI=1S/C21H26N4OS/c1-27-20-23-18(25-13-11-22-12-14-25)16-8-10-21(26-19(16)24-20)9-4-6-15-5-2-3-7-17(15)21/h2-3,5,7,22H,4,6,8-14H2,1H3. The molecule has 3 heterocycles. The monoisotopic (exact) mass is 382 g/mol. The quantitative estimate of drug-likeness (QED) is 0.636. The van der Waals surface area contributed by atoms with E-state index < -0.39 is 0 Å². The Labute approximate surface area is 164 Å². The molecule has 1 aliphatic carbocycles. The van der Waals surface area contributed by atoms with Crippen LogP contribution >= 0.6 is 11.8 Å². The predicted molar refractivity (Wildman–Crippen MR) is 109 cm³/mol. The number of piperazine rings is 1. The van der Waals surface area contributed by atoms with E-state index in [4.69, 9.17) is 14.7 Å². The molecule has 0 amide bonds. The highest BCUT2D eigenvalue weighted by Crippen LogP contribution is 2.47. The second-order valence-corrected chi connectivity index (χ2v) is 8.44. The van der Waals surface area contributed by atoms with E-state index in [1.54, 1.807) is 11.8 Å². The van der Waals surface area contributed by atoms with Gasteiger partial charge >= 0.3 is 0 Å². The first-order valence-electron chi connectivity index (χ1n) is 9.97. The van der Waals surface area contributed by atoms with Gasteiger partial charge in [-0.25, -0.2) is 4.98 Å². The van der Waals surface area contributed by atoms with Crippen LogP contribution in [0.3, 0.4) is 0 Å². The van der Waals surface area contributed by atoms with Gasteiger partial charge in [-0.05, 0) is 49.5 Å². The summed E-state index contributed by atoms with van der Waals surface area (Å²) in [6.07, 6.45) is 7.44. The lowest BCUT2D eigenvalue weighted by molar-refractivity contribution is 0.0192. The van der Waals surface area contributed by atoms with Gasteiger partial charge in [0.15, 0.2) is 5.16 Å². The number of anilines is 1. The van der Waals surface area contributed by atoms with Crippen molar-refractivity contribution >= 4 is 17.6 Å². The molecular formula is C21H26N4OS. The molecule has 5 nitrogen and oxygen atoms in total. The maximum absolute atomic E-state index is 6.75. The lowest BCUT2D eigenvalue weighted by atomic mass is 9.75. The number of benzene rings is 1. The number of ether oxygens (including phenoxy) is 1. The zero-order chi connectivity index (χ0) is 18.3. The zero-order valence-corrected chi connectivity index (χ0v) is 16.6. The third kappa shape index (κ3) is 2.99. The number of aromatic nitrogens is 2. The molecule has 1 unspecified atom stereocenters. The normalized spacial score (nSPS) is 24.3. The largest absolute Gasteiger partial charge is 0.466 e. The molecular weight excluding hydrogens is 356 g/mol. The predicted octanol–water partition coefficient (Wildman–Crippen LogP) is 3.16. The minimum atomic E-state index is -0.216. The van der Waals surface area contributed by atoms with Crippen LogP contribution in [0, 0.1) is 0 Å². The molecule has 6 heteroatoms. The summed E-state index contributed by atoms with van der Waals surface area (Å²) < 4.78 is 6.75. The van der Waals surface area contributed by atoms with Gasteiger partial charge in [0.1, 0.15) is 11.4 Å². The molecule has 5 rings (SSSR count). The highest BCUT2D eigenvalue weighted by molar-refractivity contribution is 7.98. The summed E-state index contributed by atoms with van der Waals surface area (Å²) >= 11 is 1.60. The third-order valence-corrected chi connectivity index (χ3v) is 6.68. The fourth-order valence-corrected chi connectivity index (χ4v) is 5.13. The highest BCUT2D eigenvalue weighted by Gasteiger charge is 2.43. The number of nitrogens with zero attached hydrogens (tertiary/aromatic N) is 3. The molecule has 1 aromatic carbocycles. The SMILES string of the molecule is CSc1nc2c(c(N3CCNCC3)n1)CCC1(CCCc3ccccc31)O2. The van der Waals surface area contributed by atoms with Crippen LogP contribution in [0.15, 0.2) is 29.4 Å². The molecule has 142 valence electrons. The number of thioether (sulfide) groups is 1. The van der Waals surface area contributed by atoms with E-state index in [1.807, 2.05) is 6.26 Å². The number of hydrogen-bond donors (Lipinski definition) is 1. The molecule has 1 fully saturated rings. The molecule has 0 radical (unpaired) electrons. The van der Waals surface area contributed by atoms with E-state index >= 15 is 0 Å². The summed E-state index contributed by atoms with van der Waals surface area (Å²) in [6.45, 7) is 3.99. The van der Waals surface area contributed by atoms with Gasteiger partial charge < -0.3 is 15.0 Å². The summed E-state index contributed by atoms with van der Waals surface area (Å²) in [6, 6.07) is 8.80. The Morgan fingerprint density at radius 2 is 1.96 bits per heavy atom. The van der Waals surface area contributed by atoms with Gasteiger partial charge in [-0.15, -0.1) is 0 Å². The van der Waals surface area contributed by atoms with Crippen molar-refractivity contribution in [2.45, 2.75) is 42.9 Å². The Morgan fingerprint density at radius 3 is 2.81 bits per heavy atom. The Balaban J connectivity index is 1.56. The van der Waals surface area contributed by atoms with Crippen molar-refractivity contribution in [3.63, 3.8) is 0 Å². The molecule has 1 spiro atoms. The van der Waals surface area contributed by atoms with Gasteiger partial charge in [0.2, 0.25) is 5.88 Å². The van der Waals surface area contributed by atoms with Gasteiger partial charge in [-0.2, -0.15) is 4.98 Å². The van der Waals surface area contributed by atoms with Crippen LogP contribution in [0.1, 0.15) is 36.0 Å². The van der Waals surface area contributed by atoms with E-state index in [-0.39, 0.29) is 5.60 Å². The van der Waals surface area contributed by atoms with E-state index in [0.717, 1.165) is 68.7 Å². The Morgan fingerprint density at radius 1 is 1.11 bits per heavy atom. The fourth-order valence-electron chi connectivity index (χ4n) is 4.78. The maximum atomic E-state index is 6.75. The van der Waals surface area contributed by atoms with Crippen molar-refractivity contribution in [3.8, 4) is 5.88 Å². The van der Waals surface area contributed by atoms with Gasteiger partial charge in [-0.3, -0.25) is 0 Å². The zero-order valence-electron chi connectivity index (χ0n) is 15.8. The summed E-state index contributed by atoms with van der Waals surface area (Å²) in [4.78, 5) is 12.1. The molecule has 1 atom stereocenters. The van der Waals surface area contributed by atoms with E-state index in [9.17, 15) is 0 Å². The van der Waals surface area contributed by atoms with Gasteiger partial charge in [-0.1, -0.05) is 36.0 Å². The van der Waals surface area contributed by atoms with Crippen LogP contribution < -0.4 is 15.0 Å². The topological polar surface area (TPSA) is 50.3 Å². The highest BCUT2D eigenvalue weighted by atomic mass is 32.2. The molecule has 1 N–H and O–H groups in total. The first kappa shape index (κ1) is 17.3. The summed E-state index contributed by atoms with van der Waals surface area (Å²) in [5.74, 6) is 1.90. The average Bonchev–Trinajstić information content (AvgIpc) is 2.74. The van der Waals surface area contributed by atoms with Crippen molar-refractivity contribution in [3.05, 3.63) is 41.0 Å². The maximum Gasteiger partial charge on any atom is 0.223 e. The van der Waals surface area contributed by atoms with Crippen molar-refractivity contribution in [1.82, 2.24) is 15.3 Å². The minimum Gasteiger partial charge on any atom is -0.466 e. The van der Waals surface area contributed by atoms with E-state index in [1.165, 1.54) is 23.1 Å². The number of hydrogen-bond acceptors (Lipinski definition) is 6. The van der Waals surface area contributed by atoms with Crippen molar-refractivity contribution in [1.29, 1.82) is 0 Å². The molecule has 1 aromatic heterocycles. The van der Waals surface area contributed by atoms with Gasteiger partial charge in [0.05, 0.1) is 5.56 Å².